The maximum Gasteiger partial charge on any atom is 0.436 e. The lowest BCUT2D eigenvalue weighted by atomic mass is 10.0. The van der Waals surface area contributed by atoms with E-state index in [1.807, 2.05) is 0 Å². The quantitative estimate of drug-likeness (QED) is 0.302. The second-order valence-electron chi connectivity index (χ2n) is 5.41. The van der Waals surface area contributed by atoms with E-state index in [-0.39, 0.29) is 6.61 Å². The first-order valence-electron chi connectivity index (χ1n) is 7.51. The van der Waals surface area contributed by atoms with Gasteiger partial charge < -0.3 is 29.1 Å². The third-order valence-electron chi connectivity index (χ3n) is 3.41. The van der Waals surface area contributed by atoms with E-state index in [1.165, 1.54) is 12.4 Å². The van der Waals surface area contributed by atoms with Crippen molar-refractivity contribution in [3.05, 3.63) is 22.5 Å². The van der Waals surface area contributed by atoms with E-state index in [0.29, 0.717) is 0 Å². The molecule has 1 aromatic heterocycles. The first-order chi connectivity index (χ1) is 12.2. The molecule has 4 atom stereocenters. The lowest BCUT2D eigenvalue weighted by Crippen LogP contribution is -2.55. The summed E-state index contributed by atoms with van der Waals surface area (Å²) in [4.78, 5) is 48.3. The fraction of sp³-hybridized carbons (Fsp3) is 0.571. The second-order valence-corrected chi connectivity index (χ2v) is 5.41. The van der Waals surface area contributed by atoms with Crippen LogP contribution < -0.4 is 0 Å². The Morgan fingerprint density at radius 3 is 2.27 bits per heavy atom. The molecule has 0 radical (unpaired) electrons. The molecule has 1 aliphatic heterocycles. The van der Waals surface area contributed by atoms with Crippen LogP contribution in [0.1, 0.15) is 27.0 Å². The monoisotopic (exact) mass is 371 g/mol. The summed E-state index contributed by atoms with van der Waals surface area (Å²) in [6.45, 7) is 3.15. The number of nitro groups is 1. The van der Waals surface area contributed by atoms with Gasteiger partial charge in [0, 0.05) is 20.8 Å². The van der Waals surface area contributed by atoms with Gasteiger partial charge in [0.1, 0.15) is 12.4 Å². The van der Waals surface area contributed by atoms with E-state index >= 15 is 0 Å². The maximum absolute atomic E-state index is 11.5. The highest BCUT2D eigenvalue weighted by molar-refractivity contribution is 5.68. The van der Waals surface area contributed by atoms with Crippen LogP contribution >= 0.6 is 0 Å². The first kappa shape index (κ1) is 19.3. The van der Waals surface area contributed by atoms with Crippen LogP contribution in [-0.2, 0) is 33.3 Å². The van der Waals surface area contributed by atoms with Crippen LogP contribution in [0.4, 0.5) is 5.95 Å². The number of rotatable bonds is 5. The van der Waals surface area contributed by atoms with Crippen LogP contribution in [0.3, 0.4) is 0 Å². The molecule has 0 saturated carbocycles. The molecule has 1 aromatic rings. The minimum absolute atomic E-state index is 0.241. The van der Waals surface area contributed by atoms with E-state index in [4.69, 9.17) is 18.9 Å². The Labute approximate surface area is 147 Å². The van der Waals surface area contributed by atoms with Crippen LogP contribution in [0, 0.1) is 10.1 Å². The van der Waals surface area contributed by atoms with E-state index in [2.05, 4.69) is 4.98 Å². The van der Waals surface area contributed by atoms with Crippen LogP contribution in [0.5, 0.6) is 0 Å². The average Bonchev–Trinajstić information content (AvgIpc) is 2.98. The van der Waals surface area contributed by atoms with Gasteiger partial charge in [0.15, 0.2) is 12.2 Å². The van der Waals surface area contributed by atoms with Gasteiger partial charge in [-0.05, 0) is 4.92 Å². The molecule has 0 spiro atoms. The van der Waals surface area contributed by atoms with E-state index in [9.17, 15) is 24.5 Å². The molecule has 0 N–H and O–H groups in total. The number of ether oxygens (including phenoxy) is 4. The van der Waals surface area contributed by atoms with Gasteiger partial charge in [-0.15, -0.1) is 0 Å². The zero-order valence-corrected chi connectivity index (χ0v) is 14.2. The highest BCUT2D eigenvalue weighted by atomic mass is 16.7. The summed E-state index contributed by atoms with van der Waals surface area (Å²) >= 11 is 0. The second kappa shape index (κ2) is 7.91. The molecule has 2 rings (SSSR count). The Balaban J connectivity index is 2.43. The number of imidazole rings is 1. The molecular weight excluding hydrogens is 354 g/mol. The molecule has 0 unspecified atom stereocenters. The molecule has 12 heteroatoms. The van der Waals surface area contributed by atoms with Crippen molar-refractivity contribution in [3.63, 3.8) is 0 Å². The van der Waals surface area contributed by atoms with Crippen LogP contribution in [0.15, 0.2) is 12.4 Å². The Hall–Kier alpha value is -3.02. The van der Waals surface area contributed by atoms with Gasteiger partial charge in [0.05, 0.1) is 6.61 Å². The maximum atomic E-state index is 11.5. The van der Waals surface area contributed by atoms with Gasteiger partial charge in [-0.3, -0.25) is 14.4 Å². The molecule has 0 bridgehead atoms. The summed E-state index contributed by atoms with van der Waals surface area (Å²) in [6.07, 6.45) is -2.36. The van der Waals surface area contributed by atoms with Crippen LogP contribution in [0.25, 0.3) is 0 Å². The topological polar surface area (TPSA) is 149 Å². The Morgan fingerprint density at radius 2 is 1.73 bits per heavy atom. The van der Waals surface area contributed by atoms with Gasteiger partial charge >= 0.3 is 23.9 Å². The summed E-state index contributed by atoms with van der Waals surface area (Å²) < 4.78 is 22.0. The SMILES string of the molecule is CC(=O)O[C@@H]1[C@H](OC(C)=O)[C@H](OC(C)=O)CO[C@H]1n1ccnc1[N+](=O)[O-]. The molecule has 0 aliphatic carbocycles. The molecule has 1 fully saturated rings. The minimum atomic E-state index is -1.30. The van der Waals surface area contributed by atoms with Gasteiger partial charge in [-0.25, -0.2) is 0 Å². The van der Waals surface area contributed by atoms with Crippen LogP contribution in [-0.4, -0.2) is 57.3 Å². The zero-order valence-electron chi connectivity index (χ0n) is 14.2. The minimum Gasteiger partial charge on any atom is -0.456 e. The van der Waals surface area contributed by atoms with Gasteiger partial charge in [0.2, 0.25) is 12.3 Å². The van der Waals surface area contributed by atoms with E-state index < -0.39 is 53.3 Å². The molecule has 142 valence electrons. The highest BCUT2D eigenvalue weighted by Crippen LogP contribution is 2.32. The summed E-state index contributed by atoms with van der Waals surface area (Å²) in [7, 11) is 0. The van der Waals surface area contributed by atoms with E-state index in [1.54, 1.807) is 0 Å². The molecule has 2 heterocycles. The largest absolute Gasteiger partial charge is 0.456 e. The zero-order chi connectivity index (χ0) is 19.4. The highest BCUT2D eigenvalue weighted by Gasteiger charge is 2.50. The predicted molar refractivity (Wildman–Crippen MR) is 80.5 cm³/mol. The van der Waals surface area contributed by atoms with Crippen molar-refractivity contribution in [3.8, 4) is 0 Å². The number of carbonyl (C=O) groups excluding carboxylic acids is 3. The predicted octanol–water partition coefficient (Wildman–Crippen LogP) is 0.115. The van der Waals surface area contributed by atoms with Gasteiger partial charge in [-0.2, -0.15) is 4.57 Å². The standard InChI is InChI=1S/C14H17N3O9/c1-7(18)24-10-6-23-13(16-5-4-15-14(16)17(21)22)12(26-9(3)20)11(10)25-8(2)19/h4-5,10-13H,6H2,1-3H3/t10-,11-,12-,13-/m1/s1. The number of esters is 3. The summed E-state index contributed by atoms with van der Waals surface area (Å²) in [5.41, 5.74) is 0. The van der Waals surface area contributed by atoms with Crippen LogP contribution in [0.2, 0.25) is 0 Å². The lowest BCUT2D eigenvalue weighted by molar-refractivity contribution is -0.400. The molecular formula is C14H17N3O9. The molecule has 0 aromatic carbocycles. The van der Waals surface area contributed by atoms with Crippen molar-refractivity contribution in [1.82, 2.24) is 9.55 Å². The number of hydrogen-bond donors (Lipinski definition) is 0. The number of hydrogen-bond acceptors (Lipinski definition) is 10. The van der Waals surface area contributed by atoms with Crippen molar-refractivity contribution in [2.24, 2.45) is 0 Å². The van der Waals surface area contributed by atoms with Crippen molar-refractivity contribution in [1.29, 1.82) is 0 Å². The third-order valence-corrected chi connectivity index (χ3v) is 3.41. The Kier molecular flexibility index (Phi) is 5.87. The smallest absolute Gasteiger partial charge is 0.436 e. The molecule has 26 heavy (non-hydrogen) atoms. The van der Waals surface area contributed by atoms with Gasteiger partial charge in [-0.1, -0.05) is 4.98 Å². The van der Waals surface area contributed by atoms with E-state index in [0.717, 1.165) is 25.3 Å². The fourth-order valence-electron chi connectivity index (χ4n) is 2.61. The average molecular weight is 371 g/mol. The summed E-state index contributed by atoms with van der Waals surface area (Å²) in [5, 5.41) is 11.1. The molecule has 1 aliphatic rings. The van der Waals surface area contributed by atoms with Crippen molar-refractivity contribution in [2.75, 3.05) is 6.61 Å². The summed E-state index contributed by atoms with van der Waals surface area (Å²) in [5.74, 6) is -2.68. The number of aromatic nitrogens is 2. The lowest BCUT2D eigenvalue weighted by Gasteiger charge is -2.39. The summed E-state index contributed by atoms with van der Waals surface area (Å²) in [6, 6.07) is 0. The number of carbonyl (C=O) groups is 3. The van der Waals surface area contributed by atoms with Crippen molar-refractivity contribution in [2.45, 2.75) is 45.3 Å². The normalized spacial score (nSPS) is 25.2. The third kappa shape index (κ3) is 4.33. The molecule has 12 nitrogen and oxygen atoms in total. The van der Waals surface area contributed by atoms with Crippen molar-refractivity contribution < 1.29 is 38.3 Å². The van der Waals surface area contributed by atoms with Gasteiger partial charge in [0.25, 0.3) is 0 Å². The Morgan fingerprint density at radius 1 is 1.15 bits per heavy atom. The Bertz CT molecular complexity index is 716. The first-order valence-corrected chi connectivity index (χ1v) is 7.51. The fourth-order valence-corrected chi connectivity index (χ4v) is 2.61. The molecule has 0 amide bonds. The number of nitrogens with zero attached hydrogens (tertiary/aromatic N) is 3. The molecule has 1 saturated heterocycles. The van der Waals surface area contributed by atoms with Crippen molar-refractivity contribution >= 4 is 23.9 Å².